The average Bonchev–Trinajstić information content (AvgIpc) is 2.64. The van der Waals surface area contributed by atoms with Gasteiger partial charge >= 0.3 is 0 Å². The number of ether oxygens (including phenoxy) is 1. The maximum absolute atomic E-state index is 12.3. The molecular weight excluding hydrogens is 320 g/mol. The standard InChI is InChI=1S/C18H22N4O3/c1-14-13-25-12-11-21(14)10-9-19-18(24)16-7-8-17(23)22(20-16)15-5-3-2-4-6-15/h2-8,14H,9-13H2,1H3,(H,19,24). The molecule has 1 aliphatic heterocycles. The van der Waals surface area contributed by atoms with Gasteiger partial charge in [0.2, 0.25) is 0 Å². The van der Waals surface area contributed by atoms with Crippen LogP contribution in [-0.4, -0.2) is 59.5 Å². The largest absolute Gasteiger partial charge is 0.379 e. The van der Waals surface area contributed by atoms with E-state index in [2.05, 4.69) is 22.2 Å². The van der Waals surface area contributed by atoms with E-state index in [-0.39, 0.29) is 17.2 Å². The molecule has 1 aromatic carbocycles. The molecule has 0 spiro atoms. The summed E-state index contributed by atoms with van der Waals surface area (Å²) in [4.78, 5) is 26.6. The summed E-state index contributed by atoms with van der Waals surface area (Å²) >= 11 is 0. The van der Waals surface area contributed by atoms with Gasteiger partial charge in [0.25, 0.3) is 11.5 Å². The number of rotatable bonds is 5. The van der Waals surface area contributed by atoms with E-state index in [0.717, 1.165) is 26.3 Å². The monoisotopic (exact) mass is 342 g/mol. The van der Waals surface area contributed by atoms with Gasteiger partial charge in [-0.25, -0.2) is 0 Å². The number of benzene rings is 1. The molecule has 1 N–H and O–H groups in total. The number of para-hydroxylation sites is 1. The van der Waals surface area contributed by atoms with Gasteiger partial charge in [0, 0.05) is 31.7 Å². The van der Waals surface area contributed by atoms with Crippen LogP contribution in [0.5, 0.6) is 0 Å². The van der Waals surface area contributed by atoms with Crippen molar-refractivity contribution in [3.05, 3.63) is 58.5 Å². The highest BCUT2D eigenvalue weighted by atomic mass is 16.5. The predicted octanol–water partition coefficient (Wildman–Crippen LogP) is 0.683. The predicted molar refractivity (Wildman–Crippen MR) is 94.0 cm³/mol. The zero-order valence-corrected chi connectivity index (χ0v) is 14.2. The molecule has 1 atom stereocenters. The first-order valence-electron chi connectivity index (χ1n) is 8.41. The first kappa shape index (κ1) is 17.3. The van der Waals surface area contributed by atoms with Crippen LogP contribution >= 0.6 is 0 Å². The fourth-order valence-electron chi connectivity index (χ4n) is 2.78. The molecule has 1 amide bonds. The third kappa shape index (κ3) is 4.32. The minimum Gasteiger partial charge on any atom is -0.379 e. The molecule has 1 unspecified atom stereocenters. The second-order valence-electron chi connectivity index (χ2n) is 6.02. The van der Waals surface area contributed by atoms with Gasteiger partial charge in [-0.15, -0.1) is 0 Å². The Morgan fingerprint density at radius 3 is 2.84 bits per heavy atom. The number of carbonyl (C=O) groups excluding carboxylic acids is 1. The maximum Gasteiger partial charge on any atom is 0.271 e. The summed E-state index contributed by atoms with van der Waals surface area (Å²) in [5, 5.41) is 7.05. The van der Waals surface area contributed by atoms with Crippen LogP contribution in [0, 0.1) is 0 Å². The average molecular weight is 342 g/mol. The minimum atomic E-state index is -0.286. The Morgan fingerprint density at radius 1 is 1.28 bits per heavy atom. The SMILES string of the molecule is CC1COCCN1CCNC(=O)c1ccc(=O)n(-c2ccccc2)n1. The van der Waals surface area contributed by atoms with Gasteiger partial charge in [0.15, 0.2) is 0 Å². The van der Waals surface area contributed by atoms with Crippen molar-refractivity contribution in [2.75, 3.05) is 32.8 Å². The summed E-state index contributed by atoms with van der Waals surface area (Å²) in [5.74, 6) is -0.286. The molecule has 1 aromatic heterocycles. The quantitative estimate of drug-likeness (QED) is 0.865. The lowest BCUT2D eigenvalue weighted by atomic mass is 10.2. The molecule has 2 heterocycles. The van der Waals surface area contributed by atoms with E-state index >= 15 is 0 Å². The van der Waals surface area contributed by atoms with Crippen LogP contribution < -0.4 is 10.9 Å². The Labute approximate surface area is 146 Å². The van der Waals surface area contributed by atoms with E-state index in [0.29, 0.717) is 18.3 Å². The van der Waals surface area contributed by atoms with Gasteiger partial charge in [0.1, 0.15) is 5.69 Å². The molecule has 25 heavy (non-hydrogen) atoms. The number of nitrogens with one attached hydrogen (secondary N) is 1. The van der Waals surface area contributed by atoms with E-state index in [4.69, 9.17) is 4.74 Å². The van der Waals surface area contributed by atoms with Crippen molar-refractivity contribution in [1.82, 2.24) is 20.0 Å². The fraction of sp³-hybridized carbons (Fsp3) is 0.389. The maximum atomic E-state index is 12.3. The Kier molecular flexibility index (Phi) is 5.57. The van der Waals surface area contributed by atoms with Crippen LogP contribution in [-0.2, 0) is 4.74 Å². The van der Waals surface area contributed by atoms with Crippen molar-refractivity contribution in [3.8, 4) is 5.69 Å². The molecule has 132 valence electrons. The lowest BCUT2D eigenvalue weighted by Crippen LogP contribution is -2.46. The molecule has 0 saturated carbocycles. The molecule has 7 heteroatoms. The number of hydrogen-bond acceptors (Lipinski definition) is 5. The van der Waals surface area contributed by atoms with Gasteiger partial charge < -0.3 is 10.1 Å². The first-order valence-corrected chi connectivity index (χ1v) is 8.41. The van der Waals surface area contributed by atoms with Crippen molar-refractivity contribution in [2.24, 2.45) is 0 Å². The van der Waals surface area contributed by atoms with Gasteiger partial charge in [-0.3, -0.25) is 14.5 Å². The van der Waals surface area contributed by atoms with E-state index in [1.165, 1.54) is 16.8 Å². The fourth-order valence-corrected chi connectivity index (χ4v) is 2.78. The molecule has 1 aliphatic rings. The Morgan fingerprint density at radius 2 is 2.08 bits per heavy atom. The molecule has 3 rings (SSSR count). The highest BCUT2D eigenvalue weighted by Gasteiger charge is 2.18. The summed E-state index contributed by atoms with van der Waals surface area (Å²) < 4.78 is 6.64. The van der Waals surface area contributed by atoms with E-state index in [1.54, 1.807) is 12.1 Å². The molecule has 1 saturated heterocycles. The zero-order valence-electron chi connectivity index (χ0n) is 14.2. The topological polar surface area (TPSA) is 76.5 Å². The van der Waals surface area contributed by atoms with Gasteiger partial charge in [-0.05, 0) is 25.1 Å². The first-order chi connectivity index (χ1) is 12.1. The van der Waals surface area contributed by atoms with E-state index in [9.17, 15) is 9.59 Å². The van der Waals surface area contributed by atoms with Crippen LogP contribution in [0.3, 0.4) is 0 Å². The molecule has 0 aliphatic carbocycles. The van der Waals surface area contributed by atoms with Crippen LogP contribution in [0.25, 0.3) is 5.69 Å². The Bertz CT molecular complexity index is 775. The Balaban J connectivity index is 1.63. The van der Waals surface area contributed by atoms with Crippen LogP contribution in [0.2, 0.25) is 0 Å². The van der Waals surface area contributed by atoms with Crippen molar-refractivity contribution in [2.45, 2.75) is 13.0 Å². The second-order valence-corrected chi connectivity index (χ2v) is 6.02. The Hall–Kier alpha value is -2.51. The molecule has 2 aromatic rings. The van der Waals surface area contributed by atoms with Crippen molar-refractivity contribution in [3.63, 3.8) is 0 Å². The minimum absolute atomic E-state index is 0.221. The second kappa shape index (κ2) is 8.04. The zero-order chi connectivity index (χ0) is 17.6. The summed E-state index contributed by atoms with van der Waals surface area (Å²) in [6.45, 7) is 5.70. The lowest BCUT2D eigenvalue weighted by molar-refractivity contribution is 0.000533. The van der Waals surface area contributed by atoms with E-state index < -0.39 is 0 Å². The van der Waals surface area contributed by atoms with Gasteiger partial charge in [-0.1, -0.05) is 18.2 Å². The number of morpholine rings is 1. The smallest absolute Gasteiger partial charge is 0.271 e. The van der Waals surface area contributed by atoms with Crippen LogP contribution in [0.1, 0.15) is 17.4 Å². The number of nitrogens with zero attached hydrogens (tertiary/aromatic N) is 3. The number of aromatic nitrogens is 2. The normalized spacial score (nSPS) is 18.0. The molecule has 0 bridgehead atoms. The third-order valence-electron chi connectivity index (χ3n) is 4.22. The van der Waals surface area contributed by atoms with Crippen LogP contribution in [0.15, 0.2) is 47.3 Å². The number of amides is 1. The van der Waals surface area contributed by atoms with Gasteiger partial charge in [0.05, 0.1) is 18.9 Å². The third-order valence-corrected chi connectivity index (χ3v) is 4.22. The highest BCUT2D eigenvalue weighted by molar-refractivity contribution is 5.92. The molecule has 1 fully saturated rings. The van der Waals surface area contributed by atoms with E-state index in [1.807, 2.05) is 18.2 Å². The van der Waals surface area contributed by atoms with Crippen molar-refractivity contribution in [1.29, 1.82) is 0 Å². The lowest BCUT2D eigenvalue weighted by Gasteiger charge is -2.33. The molecule has 0 radical (unpaired) electrons. The number of carbonyl (C=O) groups is 1. The highest BCUT2D eigenvalue weighted by Crippen LogP contribution is 2.05. The van der Waals surface area contributed by atoms with Crippen molar-refractivity contribution >= 4 is 5.91 Å². The summed E-state index contributed by atoms with van der Waals surface area (Å²) in [5.41, 5.74) is 0.577. The molecular formula is C18H22N4O3. The summed E-state index contributed by atoms with van der Waals surface area (Å²) in [6, 6.07) is 12.2. The van der Waals surface area contributed by atoms with Gasteiger partial charge in [-0.2, -0.15) is 9.78 Å². The number of hydrogen-bond donors (Lipinski definition) is 1. The summed E-state index contributed by atoms with van der Waals surface area (Å²) in [7, 11) is 0. The van der Waals surface area contributed by atoms with Crippen molar-refractivity contribution < 1.29 is 9.53 Å². The van der Waals surface area contributed by atoms with Crippen LogP contribution in [0.4, 0.5) is 0 Å². The summed E-state index contributed by atoms with van der Waals surface area (Å²) in [6.07, 6.45) is 0. The molecule has 7 nitrogen and oxygen atoms in total.